The number of hydrogen-bond donors (Lipinski definition) is 0. The Balaban J connectivity index is 1.48. The van der Waals surface area contributed by atoms with E-state index < -0.39 is 11.6 Å². The van der Waals surface area contributed by atoms with E-state index >= 15 is 0 Å². The monoisotopic (exact) mass is 452 g/mol. The van der Waals surface area contributed by atoms with Crippen molar-refractivity contribution in [3.8, 4) is 23.7 Å². The third-order valence-corrected chi connectivity index (χ3v) is 6.76. The molecule has 34 heavy (non-hydrogen) atoms. The maximum atomic E-state index is 14.6. The second-order valence-corrected chi connectivity index (χ2v) is 9.65. The van der Waals surface area contributed by atoms with Gasteiger partial charge in [0.25, 0.3) is 0 Å². The van der Waals surface area contributed by atoms with Crippen LogP contribution in [0, 0.1) is 61.0 Å². The second kappa shape index (κ2) is 10.7. The van der Waals surface area contributed by atoms with Gasteiger partial charge in [0.15, 0.2) is 0 Å². The molecule has 0 aromatic heterocycles. The van der Waals surface area contributed by atoms with Crippen LogP contribution in [0.2, 0.25) is 0 Å². The molecule has 0 saturated heterocycles. The molecule has 1 aliphatic carbocycles. The summed E-state index contributed by atoms with van der Waals surface area (Å²) >= 11 is 0. The van der Waals surface area contributed by atoms with Crippen LogP contribution in [0.4, 0.5) is 8.78 Å². The van der Waals surface area contributed by atoms with E-state index in [1.54, 1.807) is 0 Å². The highest BCUT2D eigenvalue weighted by Crippen LogP contribution is 2.31. The van der Waals surface area contributed by atoms with Crippen LogP contribution in [0.3, 0.4) is 0 Å². The van der Waals surface area contributed by atoms with Crippen LogP contribution in [0.1, 0.15) is 71.6 Å². The van der Waals surface area contributed by atoms with Crippen LogP contribution >= 0.6 is 0 Å². The lowest BCUT2D eigenvalue weighted by molar-refractivity contribution is 0.288. The maximum absolute atomic E-state index is 14.6. The molecule has 0 heterocycles. The quantitative estimate of drug-likeness (QED) is 0.349. The van der Waals surface area contributed by atoms with Gasteiger partial charge in [-0.25, -0.2) is 8.78 Å². The number of aryl methyl sites for hydroxylation is 2. The predicted molar refractivity (Wildman–Crippen MR) is 136 cm³/mol. The minimum absolute atomic E-state index is 0.223. The molecular weight excluding hydrogens is 422 g/mol. The molecule has 1 fully saturated rings. The van der Waals surface area contributed by atoms with E-state index in [1.807, 2.05) is 43.3 Å². The summed E-state index contributed by atoms with van der Waals surface area (Å²) in [5.74, 6) is 11.6. The molecule has 3 aromatic rings. The molecule has 0 atom stereocenters. The van der Waals surface area contributed by atoms with Crippen molar-refractivity contribution in [3.63, 3.8) is 0 Å². The van der Waals surface area contributed by atoms with Crippen molar-refractivity contribution in [1.82, 2.24) is 0 Å². The van der Waals surface area contributed by atoms with Gasteiger partial charge in [0.2, 0.25) is 0 Å². The molecule has 0 spiro atoms. The second-order valence-electron chi connectivity index (χ2n) is 9.65. The summed E-state index contributed by atoms with van der Waals surface area (Å²) in [6.45, 7) is 6.43. The van der Waals surface area contributed by atoms with E-state index in [1.165, 1.54) is 48.9 Å². The minimum Gasteiger partial charge on any atom is -0.205 e. The van der Waals surface area contributed by atoms with Gasteiger partial charge in [-0.1, -0.05) is 67.2 Å². The van der Waals surface area contributed by atoms with E-state index in [9.17, 15) is 8.78 Å². The maximum Gasteiger partial charge on any atom is 0.143 e. The summed E-state index contributed by atoms with van der Waals surface area (Å²) < 4.78 is 29.2. The fourth-order valence-corrected chi connectivity index (χ4v) is 4.53. The zero-order chi connectivity index (χ0) is 24.1. The lowest BCUT2D eigenvalue weighted by Gasteiger charge is -2.26. The van der Waals surface area contributed by atoms with E-state index in [0.29, 0.717) is 5.56 Å². The first-order valence-corrected chi connectivity index (χ1v) is 12.1. The zero-order valence-corrected chi connectivity index (χ0v) is 20.1. The van der Waals surface area contributed by atoms with Crippen LogP contribution in [0.15, 0.2) is 54.6 Å². The van der Waals surface area contributed by atoms with Gasteiger partial charge >= 0.3 is 0 Å². The number of hydrogen-bond acceptors (Lipinski definition) is 0. The fourth-order valence-electron chi connectivity index (χ4n) is 4.53. The molecule has 1 aliphatic rings. The Morgan fingerprint density at radius 1 is 0.706 bits per heavy atom. The fraction of sp³-hybridized carbons (Fsp3) is 0.312. The molecule has 2 heteroatoms. The Morgan fingerprint density at radius 3 is 1.94 bits per heavy atom. The molecule has 172 valence electrons. The molecule has 0 aliphatic heterocycles. The SMILES string of the molecule is Cc1ccc(C#Cc2cc(F)c(C#Cc3ccc(CC4CCC(C)CC4)c(C)c3)c(F)c2)cc1. The van der Waals surface area contributed by atoms with Crippen LogP contribution in [-0.4, -0.2) is 0 Å². The topological polar surface area (TPSA) is 0 Å². The first-order valence-electron chi connectivity index (χ1n) is 12.1. The van der Waals surface area contributed by atoms with Gasteiger partial charge in [-0.05, 0) is 92.5 Å². The summed E-state index contributed by atoms with van der Waals surface area (Å²) in [7, 11) is 0. The average molecular weight is 453 g/mol. The van der Waals surface area contributed by atoms with Gasteiger partial charge < -0.3 is 0 Å². The van der Waals surface area contributed by atoms with Crippen molar-refractivity contribution in [2.75, 3.05) is 0 Å². The largest absolute Gasteiger partial charge is 0.205 e. The zero-order valence-electron chi connectivity index (χ0n) is 20.1. The highest BCUT2D eigenvalue weighted by molar-refractivity contribution is 5.50. The van der Waals surface area contributed by atoms with Gasteiger partial charge in [-0.2, -0.15) is 0 Å². The molecule has 0 nitrogen and oxygen atoms in total. The first-order chi connectivity index (χ1) is 16.4. The average Bonchev–Trinajstić information content (AvgIpc) is 2.81. The summed E-state index contributed by atoms with van der Waals surface area (Å²) in [4.78, 5) is 0. The molecule has 0 N–H and O–H groups in total. The lowest BCUT2D eigenvalue weighted by atomic mass is 9.79. The number of benzene rings is 3. The Kier molecular flexibility index (Phi) is 7.49. The third-order valence-electron chi connectivity index (χ3n) is 6.76. The van der Waals surface area contributed by atoms with Gasteiger partial charge in [-0.3, -0.25) is 0 Å². The lowest BCUT2D eigenvalue weighted by Crippen LogP contribution is -2.14. The molecule has 0 radical (unpaired) electrons. The van der Waals surface area contributed by atoms with Crippen molar-refractivity contribution in [3.05, 3.63) is 105 Å². The number of halogens is 2. The van der Waals surface area contributed by atoms with Crippen molar-refractivity contribution >= 4 is 0 Å². The molecular formula is C32H30F2. The smallest absolute Gasteiger partial charge is 0.143 e. The van der Waals surface area contributed by atoms with Gasteiger partial charge in [0.05, 0.1) is 5.56 Å². The van der Waals surface area contributed by atoms with Crippen molar-refractivity contribution in [2.45, 2.75) is 52.9 Å². The normalized spacial score (nSPS) is 17.3. The predicted octanol–water partition coefficient (Wildman–Crippen LogP) is 7.75. The molecule has 4 rings (SSSR count). The van der Waals surface area contributed by atoms with E-state index in [0.717, 1.165) is 34.9 Å². The Hall–Kier alpha value is -3.36. The molecule has 0 bridgehead atoms. The first kappa shape index (κ1) is 23.8. The van der Waals surface area contributed by atoms with Crippen LogP contribution in [0.5, 0.6) is 0 Å². The standard InChI is InChI=1S/C32H30F2/c1-22-4-8-25(9-5-22)12-13-28-20-31(33)30(32(34)21-28)17-15-26-14-16-29(24(3)18-26)19-27-10-6-23(2)7-11-27/h4-5,8-9,14,16,18,20-21,23,27H,6-7,10-11,19H2,1-3H3. The van der Waals surface area contributed by atoms with Gasteiger partial charge in [-0.15, -0.1) is 0 Å². The summed E-state index contributed by atoms with van der Waals surface area (Å²) in [5, 5.41) is 0. The molecule has 0 amide bonds. The molecule has 1 saturated carbocycles. The summed E-state index contributed by atoms with van der Waals surface area (Å²) in [6, 6.07) is 16.3. The Labute approximate surface area is 202 Å². The van der Waals surface area contributed by atoms with Crippen molar-refractivity contribution < 1.29 is 8.78 Å². The third kappa shape index (κ3) is 6.15. The van der Waals surface area contributed by atoms with Crippen LogP contribution in [0.25, 0.3) is 0 Å². The highest BCUT2D eigenvalue weighted by Gasteiger charge is 2.19. The van der Waals surface area contributed by atoms with Crippen LogP contribution in [-0.2, 0) is 6.42 Å². The molecule has 0 unspecified atom stereocenters. The summed E-state index contributed by atoms with van der Waals surface area (Å²) in [6.07, 6.45) is 6.33. The van der Waals surface area contributed by atoms with E-state index in [4.69, 9.17) is 0 Å². The Morgan fingerprint density at radius 2 is 1.29 bits per heavy atom. The molecule has 3 aromatic carbocycles. The summed E-state index contributed by atoms with van der Waals surface area (Å²) in [5.41, 5.74) is 5.30. The van der Waals surface area contributed by atoms with Crippen LogP contribution < -0.4 is 0 Å². The minimum atomic E-state index is -0.694. The van der Waals surface area contributed by atoms with Gasteiger partial charge in [0.1, 0.15) is 11.6 Å². The van der Waals surface area contributed by atoms with E-state index in [2.05, 4.69) is 43.6 Å². The van der Waals surface area contributed by atoms with E-state index in [-0.39, 0.29) is 5.56 Å². The number of rotatable bonds is 2. The highest BCUT2D eigenvalue weighted by atomic mass is 19.1. The van der Waals surface area contributed by atoms with Crippen molar-refractivity contribution in [1.29, 1.82) is 0 Å². The van der Waals surface area contributed by atoms with Crippen molar-refractivity contribution in [2.24, 2.45) is 11.8 Å². The van der Waals surface area contributed by atoms with Gasteiger partial charge in [0, 0.05) is 16.7 Å². The Bertz CT molecular complexity index is 1260.